The molecule has 1 unspecified atom stereocenters. The van der Waals surface area contributed by atoms with Crippen LogP contribution in [0.3, 0.4) is 0 Å². The Labute approximate surface area is 182 Å². The summed E-state index contributed by atoms with van der Waals surface area (Å²) in [6.07, 6.45) is 0.216. The van der Waals surface area contributed by atoms with Crippen LogP contribution in [-0.4, -0.2) is 64.4 Å². The number of hydrogen-bond acceptors (Lipinski definition) is 6. The number of rotatable bonds is 6. The molecule has 1 atom stereocenters. The van der Waals surface area contributed by atoms with Crippen LogP contribution in [0.1, 0.15) is 11.1 Å². The van der Waals surface area contributed by atoms with Crippen LogP contribution in [0.4, 0.5) is 5.69 Å². The van der Waals surface area contributed by atoms with E-state index in [0.29, 0.717) is 18.0 Å². The van der Waals surface area contributed by atoms with Crippen LogP contribution in [-0.2, 0) is 32.6 Å². The van der Waals surface area contributed by atoms with E-state index in [4.69, 9.17) is 9.47 Å². The first-order valence-electron chi connectivity index (χ1n) is 10.3. The zero-order valence-corrected chi connectivity index (χ0v) is 18.3. The van der Waals surface area contributed by atoms with Crippen LogP contribution in [0.25, 0.3) is 0 Å². The maximum atomic E-state index is 12.7. The monoisotopic (exact) mass is 445 g/mol. The normalized spacial score (nSPS) is 19.4. The van der Waals surface area contributed by atoms with Gasteiger partial charge in [0.2, 0.25) is 10.0 Å². The summed E-state index contributed by atoms with van der Waals surface area (Å²) in [5, 5.41) is 2.86. The van der Waals surface area contributed by atoms with E-state index in [0.717, 1.165) is 44.7 Å². The number of carbonyl (C=O) groups is 1. The number of morpholine rings is 1. The molecule has 8 nitrogen and oxygen atoms in total. The second-order valence-corrected chi connectivity index (χ2v) is 9.70. The quantitative estimate of drug-likeness (QED) is 0.723. The van der Waals surface area contributed by atoms with Crippen molar-refractivity contribution < 1.29 is 22.7 Å². The predicted octanol–water partition coefficient (Wildman–Crippen LogP) is 1.36. The van der Waals surface area contributed by atoms with E-state index in [9.17, 15) is 13.2 Å². The number of carbonyl (C=O) groups excluding carboxylic acids is 1. The fourth-order valence-corrected chi connectivity index (χ4v) is 4.65. The summed E-state index contributed by atoms with van der Waals surface area (Å²) >= 11 is 0. The van der Waals surface area contributed by atoms with Gasteiger partial charge in [-0.15, -0.1) is 0 Å². The lowest BCUT2D eigenvalue weighted by Crippen LogP contribution is -2.50. The Bertz CT molecular complexity index is 1020. The molecule has 2 aliphatic heterocycles. The second kappa shape index (κ2) is 9.25. The van der Waals surface area contributed by atoms with Gasteiger partial charge >= 0.3 is 0 Å². The number of fused-ring (bicyclic) bond motifs is 1. The van der Waals surface area contributed by atoms with Crippen molar-refractivity contribution in [1.82, 2.24) is 10.2 Å². The minimum atomic E-state index is -3.53. The van der Waals surface area contributed by atoms with E-state index in [2.05, 4.69) is 22.3 Å². The van der Waals surface area contributed by atoms with Crippen molar-refractivity contribution in [3.8, 4) is 5.75 Å². The number of amides is 1. The van der Waals surface area contributed by atoms with Crippen molar-refractivity contribution in [2.24, 2.45) is 0 Å². The first kappa shape index (κ1) is 21.6. The molecule has 2 aromatic carbocycles. The van der Waals surface area contributed by atoms with Gasteiger partial charge in [-0.2, -0.15) is 0 Å². The number of para-hydroxylation sites is 2. The molecule has 1 amide bonds. The Morgan fingerprint density at radius 2 is 1.74 bits per heavy atom. The topological polar surface area (TPSA) is 88.2 Å². The Morgan fingerprint density at radius 3 is 2.45 bits per heavy atom. The van der Waals surface area contributed by atoms with Gasteiger partial charge in [0, 0.05) is 26.2 Å². The third kappa shape index (κ3) is 5.36. The number of sulfonamides is 1. The number of benzene rings is 2. The largest absolute Gasteiger partial charge is 0.476 e. The van der Waals surface area contributed by atoms with Crippen LogP contribution < -0.4 is 14.4 Å². The van der Waals surface area contributed by atoms with Crippen LogP contribution in [0.15, 0.2) is 48.5 Å². The van der Waals surface area contributed by atoms with E-state index in [1.165, 1.54) is 9.87 Å². The lowest BCUT2D eigenvalue weighted by molar-refractivity contribution is -0.127. The molecular formula is C22H27N3O5S. The van der Waals surface area contributed by atoms with Gasteiger partial charge in [0.25, 0.3) is 5.91 Å². The molecular weight excluding hydrogens is 418 g/mol. The first-order valence-corrected chi connectivity index (χ1v) is 12.1. The minimum absolute atomic E-state index is 0.0554. The van der Waals surface area contributed by atoms with Crippen molar-refractivity contribution in [1.29, 1.82) is 0 Å². The fourth-order valence-electron chi connectivity index (χ4n) is 3.74. The van der Waals surface area contributed by atoms with Gasteiger partial charge in [-0.3, -0.25) is 14.0 Å². The van der Waals surface area contributed by atoms with E-state index >= 15 is 0 Å². The summed E-state index contributed by atoms with van der Waals surface area (Å²) in [6.45, 7) is 4.59. The highest BCUT2D eigenvalue weighted by atomic mass is 32.2. The van der Waals surface area contributed by atoms with E-state index in [1.807, 2.05) is 12.1 Å². The minimum Gasteiger partial charge on any atom is -0.476 e. The Morgan fingerprint density at radius 1 is 1.06 bits per heavy atom. The molecule has 0 aliphatic carbocycles. The Kier molecular flexibility index (Phi) is 6.45. The molecule has 4 rings (SSSR count). The van der Waals surface area contributed by atoms with Crippen molar-refractivity contribution >= 4 is 21.6 Å². The zero-order valence-electron chi connectivity index (χ0n) is 17.5. The predicted molar refractivity (Wildman–Crippen MR) is 117 cm³/mol. The Hall–Kier alpha value is -2.62. The molecule has 1 saturated heterocycles. The van der Waals surface area contributed by atoms with Gasteiger partial charge in [0.15, 0.2) is 6.10 Å². The van der Waals surface area contributed by atoms with Crippen LogP contribution >= 0.6 is 0 Å². The maximum absolute atomic E-state index is 12.7. The van der Waals surface area contributed by atoms with Gasteiger partial charge < -0.3 is 14.8 Å². The number of nitrogens with zero attached hydrogens (tertiary/aromatic N) is 2. The highest BCUT2D eigenvalue weighted by Crippen LogP contribution is 2.34. The molecule has 31 heavy (non-hydrogen) atoms. The molecule has 1 N–H and O–H groups in total. The third-order valence-electron chi connectivity index (χ3n) is 5.43. The van der Waals surface area contributed by atoms with Crippen LogP contribution in [0, 0.1) is 0 Å². The van der Waals surface area contributed by atoms with Crippen LogP contribution in [0.2, 0.25) is 0 Å². The maximum Gasteiger partial charge on any atom is 0.263 e. The summed E-state index contributed by atoms with van der Waals surface area (Å²) in [5.41, 5.74) is 2.63. The highest BCUT2D eigenvalue weighted by Gasteiger charge is 2.34. The molecule has 0 saturated carbocycles. The lowest BCUT2D eigenvalue weighted by atomic mass is 10.1. The van der Waals surface area contributed by atoms with Gasteiger partial charge in [-0.1, -0.05) is 36.4 Å². The molecule has 166 valence electrons. The van der Waals surface area contributed by atoms with Crippen molar-refractivity contribution in [3.05, 3.63) is 59.7 Å². The SMILES string of the molecule is CS(=O)(=O)N1CC(C(=O)NCc2ccc(CN3CCOCC3)cc2)Oc2ccccc21. The van der Waals surface area contributed by atoms with Gasteiger partial charge in [-0.25, -0.2) is 8.42 Å². The number of ether oxygens (including phenoxy) is 2. The molecule has 0 spiro atoms. The smallest absolute Gasteiger partial charge is 0.263 e. The van der Waals surface area contributed by atoms with Gasteiger partial charge in [-0.05, 0) is 23.3 Å². The molecule has 0 radical (unpaired) electrons. The first-order chi connectivity index (χ1) is 14.9. The Balaban J connectivity index is 1.35. The van der Waals surface area contributed by atoms with Gasteiger partial charge in [0.1, 0.15) is 5.75 Å². The number of nitrogens with one attached hydrogen (secondary N) is 1. The number of hydrogen-bond donors (Lipinski definition) is 1. The molecule has 0 bridgehead atoms. The fraction of sp³-hybridized carbons (Fsp3) is 0.409. The standard InChI is InChI=1S/C22H27N3O5S/c1-31(27,28)25-16-21(30-20-5-3-2-4-19(20)25)22(26)23-14-17-6-8-18(9-7-17)15-24-10-12-29-13-11-24/h2-9,21H,10-16H2,1H3,(H,23,26). The molecule has 2 aliphatic rings. The lowest BCUT2D eigenvalue weighted by Gasteiger charge is -2.33. The highest BCUT2D eigenvalue weighted by molar-refractivity contribution is 7.92. The second-order valence-electron chi connectivity index (χ2n) is 7.79. The molecule has 0 aromatic heterocycles. The van der Waals surface area contributed by atoms with Crippen LogP contribution in [0.5, 0.6) is 5.75 Å². The van der Waals surface area contributed by atoms with Crippen molar-refractivity contribution in [3.63, 3.8) is 0 Å². The van der Waals surface area contributed by atoms with E-state index in [1.54, 1.807) is 24.3 Å². The summed E-state index contributed by atoms with van der Waals surface area (Å²) in [7, 11) is -3.53. The van der Waals surface area contributed by atoms with Crippen molar-refractivity contribution in [2.75, 3.05) is 43.4 Å². The van der Waals surface area contributed by atoms with E-state index < -0.39 is 16.1 Å². The molecule has 1 fully saturated rings. The molecule has 2 aromatic rings. The molecule has 2 heterocycles. The average Bonchev–Trinajstić information content (AvgIpc) is 2.77. The third-order valence-corrected chi connectivity index (χ3v) is 6.57. The average molecular weight is 446 g/mol. The van der Waals surface area contributed by atoms with E-state index in [-0.39, 0.29) is 12.5 Å². The number of anilines is 1. The summed E-state index contributed by atoms with van der Waals surface area (Å²) < 4.78 is 36.8. The summed E-state index contributed by atoms with van der Waals surface area (Å²) in [4.78, 5) is 15.1. The van der Waals surface area contributed by atoms with Gasteiger partial charge in [0.05, 0.1) is 31.7 Å². The zero-order chi connectivity index (χ0) is 21.8. The molecule has 9 heteroatoms. The van der Waals surface area contributed by atoms with Crippen molar-refractivity contribution in [2.45, 2.75) is 19.2 Å². The summed E-state index contributed by atoms with van der Waals surface area (Å²) in [5.74, 6) is 0.0346. The summed E-state index contributed by atoms with van der Waals surface area (Å²) in [6, 6.07) is 14.9.